The van der Waals surface area contributed by atoms with Crippen LogP contribution in [0.15, 0.2) is 18.5 Å². The van der Waals surface area contributed by atoms with E-state index in [-0.39, 0.29) is 5.95 Å². The first kappa shape index (κ1) is 19.1. The molecule has 0 bridgehead atoms. The number of anilines is 2. The van der Waals surface area contributed by atoms with Gasteiger partial charge >= 0.3 is 0 Å². The Labute approximate surface area is 169 Å². The van der Waals surface area contributed by atoms with E-state index in [1.54, 1.807) is 34.3 Å². The van der Waals surface area contributed by atoms with Crippen LogP contribution >= 0.6 is 11.3 Å². The second-order valence-electron chi connectivity index (χ2n) is 6.44. The molecule has 4 heterocycles. The summed E-state index contributed by atoms with van der Waals surface area (Å²) in [6.45, 7) is 3.47. The molecule has 0 spiro atoms. The standard InChI is InChI=1S/C17H21N7O2S2/c1-23(28(2)25)10-12-7-13-14(27-12)16(24-3-5-26-6-4-24)22-15(21-13)11-8-19-17(18)20-9-11/h7-9H,3-6,10H2,1-2H3,(H2,18,19,20). The molecule has 0 radical (unpaired) electrons. The van der Waals surface area contributed by atoms with E-state index in [4.69, 9.17) is 20.4 Å². The normalized spacial score (nSPS) is 16.0. The van der Waals surface area contributed by atoms with Crippen molar-refractivity contribution in [2.45, 2.75) is 6.54 Å². The number of fused-ring (bicyclic) bond motifs is 1. The Kier molecular flexibility index (Phi) is 5.49. The van der Waals surface area contributed by atoms with Crippen LogP contribution in [0.4, 0.5) is 11.8 Å². The van der Waals surface area contributed by atoms with E-state index < -0.39 is 11.0 Å². The molecule has 148 valence electrons. The van der Waals surface area contributed by atoms with Crippen LogP contribution in [0.2, 0.25) is 0 Å². The van der Waals surface area contributed by atoms with Crippen LogP contribution in [0, 0.1) is 0 Å². The van der Waals surface area contributed by atoms with Crippen LogP contribution in [-0.4, -0.2) is 68.1 Å². The van der Waals surface area contributed by atoms with Crippen molar-refractivity contribution in [3.63, 3.8) is 0 Å². The first-order chi connectivity index (χ1) is 13.5. The zero-order valence-corrected chi connectivity index (χ0v) is 17.3. The molecule has 1 aliphatic rings. The number of ether oxygens (including phenoxy) is 1. The lowest BCUT2D eigenvalue weighted by molar-refractivity contribution is 0.122. The van der Waals surface area contributed by atoms with Gasteiger partial charge in [-0.1, -0.05) is 0 Å². The molecule has 3 aromatic heterocycles. The SMILES string of the molecule is CN(Cc1cc2nc(-c3cnc(N)nc3)nc(N3CCOCC3)c2s1)S(C)=O. The summed E-state index contributed by atoms with van der Waals surface area (Å²) in [6.07, 6.45) is 4.94. The molecule has 1 atom stereocenters. The number of hydrogen-bond acceptors (Lipinski definition) is 9. The second-order valence-corrected chi connectivity index (χ2v) is 9.04. The van der Waals surface area contributed by atoms with Crippen LogP contribution in [0.25, 0.3) is 21.6 Å². The third-order valence-electron chi connectivity index (χ3n) is 4.46. The van der Waals surface area contributed by atoms with Crippen LogP contribution in [0.5, 0.6) is 0 Å². The predicted octanol–water partition coefficient (Wildman–Crippen LogP) is 1.29. The predicted molar refractivity (Wildman–Crippen MR) is 111 cm³/mol. The molecule has 1 saturated heterocycles. The molecule has 0 aromatic carbocycles. The maximum Gasteiger partial charge on any atom is 0.219 e. The third kappa shape index (κ3) is 3.97. The molecule has 1 aliphatic heterocycles. The molecule has 11 heteroatoms. The van der Waals surface area contributed by atoms with Gasteiger partial charge in [0.2, 0.25) is 5.95 Å². The van der Waals surface area contributed by atoms with Gasteiger partial charge in [0.15, 0.2) is 11.6 Å². The van der Waals surface area contributed by atoms with Gasteiger partial charge < -0.3 is 15.4 Å². The van der Waals surface area contributed by atoms with Gasteiger partial charge in [-0.2, -0.15) is 0 Å². The lowest BCUT2D eigenvalue weighted by atomic mass is 10.3. The summed E-state index contributed by atoms with van der Waals surface area (Å²) in [7, 11) is 0.810. The summed E-state index contributed by atoms with van der Waals surface area (Å²) < 4.78 is 20.0. The Hall–Kier alpha value is -2.21. The number of nitrogen functional groups attached to an aromatic ring is 1. The number of morpholine rings is 1. The van der Waals surface area contributed by atoms with Gasteiger partial charge in [0.05, 0.1) is 40.0 Å². The van der Waals surface area contributed by atoms with Crippen LogP contribution in [-0.2, 0) is 22.3 Å². The fourth-order valence-corrected chi connectivity index (χ4v) is 4.49. The Morgan fingerprint density at radius 1 is 1.29 bits per heavy atom. The van der Waals surface area contributed by atoms with E-state index in [2.05, 4.69) is 14.9 Å². The summed E-state index contributed by atoms with van der Waals surface area (Å²) in [5.41, 5.74) is 7.18. The van der Waals surface area contributed by atoms with Crippen molar-refractivity contribution in [3.05, 3.63) is 23.3 Å². The fraction of sp³-hybridized carbons (Fsp3) is 0.412. The highest BCUT2D eigenvalue weighted by Crippen LogP contribution is 2.34. The van der Waals surface area contributed by atoms with Crippen molar-refractivity contribution < 1.29 is 8.95 Å². The van der Waals surface area contributed by atoms with Crippen LogP contribution in [0.3, 0.4) is 0 Å². The molecule has 0 aliphatic carbocycles. The Morgan fingerprint density at radius 2 is 2.00 bits per heavy atom. The molecular formula is C17H21N7O2S2. The fourth-order valence-electron chi connectivity index (χ4n) is 2.92. The van der Waals surface area contributed by atoms with Gasteiger partial charge in [-0.25, -0.2) is 28.5 Å². The minimum Gasteiger partial charge on any atom is -0.378 e. The highest BCUT2D eigenvalue weighted by molar-refractivity contribution is 7.81. The summed E-state index contributed by atoms with van der Waals surface area (Å²) >= 11 is 1.63. The largest absolute Gasteiger partial charge is 0.378 e. The molecule has 0 amide bonds. The van der Waals surface area contributed by atoms with Crippen molar-refractivity contribution in [1.29, 1.82) is 0 Å². The van der Waals surface area contributed by atoms with E-state index in [1.807, 2.05) is 13.1 Å². The summed E-state index contributed by atoms with van der Waals surface area (Å²) in [4.78, 5) is 21.0. The topological polar surface area (TPSA) is 110 Å². The number of hydrogen-bond donors (Lipinski definition) is 1. The molecule has 2 N–H and O–H groups in total. The van der Waals surface area contributed by atoms with Crippen molar-refractivity contribution >= 4 is 44.3 Å². The highest BCUT2D eigenvalue weighted by Gasteiger charge is 2.21. The molecule has 9 nitrogen and oxygen atoms in total. The van der Waals surface area contributed by atoms with Crippen molar-refractivity contribution in [3.8, 4) is 11.4 Å². The van der Waals surface area contributed by atoms with Gasteiger partial charge in [-0.15, -0.1) is 11.3 Å². The monoisotopic (exact) mass is 419 g/mol. The zero-order valence-electron chi connectivity index (χ0n) is 15.7. The maximum absolute atomic E-state index is 11.7. The van der Waals surface area contributed by atoms with Gasteiger partial charge in [0.1, 0.15) is 0 Å². The summed E-state index contributed by atoms with van der Waals surface area (Å²) in [5.74, 6) is 1.66. The van der Waals surface area contributed by atoms with E-state index in [9.17, 15) is 4.21 Å². The lowest BCUT2D eigenvalue weighted by Crippen LogP contribution is -2.36. The summed E-state index contributed by atoms with van der Waals surface area (Å²) in [5, 5.41) is 0. The van der Waals surface area contributed by atoms with Crippen molar-refractivity contribution in [1.82, 2.24) is 24.2 Å². The molecule has 3 aromatic rings. The molecule has 28 heavy (non-hydrogen) atoms. The van der Waals surface area contributed by atoms with Crippen LogP contribution in [0.1, 0.15) is 4.88 Å². The lowest BCUT2D eigenvalue weighted by Gasteiger charge is -2.28. The van der Waals surface area contributed by atoms with Crippen LogP contribution < -0.4 is 10.6 Å². The number of aromatic nitrogens is 4. The zero-order chi connectivity index (χ0) is 19.7. The molecule has 1 unspecified atom stereocenters. The summed E-state index contributed by atoms with van der Waals surface area (Å²) in [6, 6.07) is 2.04. The minimum absolute atomic E-state index is 0.214. The Bertz CT molecular complexity index is 1000. The average molecular weight is 420 g/mol. The van der Waals surface area contributed by atoms with Gasteiger partial charge in [0.25, 0.3) is 0 Å². The Balaban J connectivity index is 1.80. The van der Waals surface area contributed by atoms with E-state index >= 15 is 0 Å². The quantitative estimate of drug-likeness (QED) is 0.659. The Morgan fingerprint density at radius 3 is 2.68 bits per heavy atom. The number of thiophene rings is 1. The van der Waals surface area contributed by atoms with Gasteiger partial charge in [0, 0.05) is 50.2 Å². The highest BCUT2D eigenvalue weighted by atomic mass is 32.2. The van der Waals surface area contributed by atoms with E-state index in [0.29, 0.717) is 31.1 Å². The minimum atomic E-state index is -1.03. The molecule has 1 fully saturated rings. The van der Waals surface area contributed by atoms with E-state index in [0.717, 1.165) is 34.0 Å². The van der Waals surface area contributed by atoms with Gasteiger partial charge in [-0.3, -0.25) is 0 Å². The first-order valence-electron chi connectivity index (χ1n) is 8.77. The average Bonchev–Trinajstić information content (AvgIpc) is 3.10. The second kappa shape index (κ2) is 8.03. The van der Waals surface area contributed by atoms with Gasteiger partial charge in [-0.05, 0) is 6.07 Å². The maximum atomic E-state index is 11.7. The molecule has 0 saturated carbocycles. The molecular weight excluding hydrogens is 398 g/mol. The smallest absolute Gasteiger partial charge is 0.219 e. The molecule has 4 rings (SSSR count). The van der Waals surface area contributed by atoms with E-state index in [1.165, 1.54) is 0 Å². The number of rotatable bonds is 5. The number of nitrogens with two attached hydrogens (primary N) is 1. The number of nitrogens with zero attached hydrogens (tertiary/aromatic N) is 6. The van der Waals surface area contributed by atoms with Crippen molar-refractivity contribution in [2.24, 2.45) is 0 Å². The first-order valence-corrected chi connectivity index (χ1v) is 11.1. The van der Waals surface area contributed by atoms with Crippen molar-refractivity contribution in [2.75, 3.05) is 50.2 Å². The third-order valence-corrected chi connectivity index (χ3v) is 6.57.